The summed E-state index contributed by atoms with van der Waals surface area (Å²) in [5.41, 5.74) is 3.09. The number of hydrogen-bond donors (Lipinski definition) is 1. The molecule has 0 unspecified atom stereocenters. The number of hydrogen-bond acceptors (Lipinski definition) is 5. The van der Waals surface area contributed by atoms with E-state index in [0.717, 1.165) is 10.0 Å². The molecule has 0 aliphatic carbocycles. The monoisotopic (exact) mass is 423 g/mol. The van der Waals surface area contributed by atoms with E-state index in [1.54, 1.807) is 36.5 Å². The third kappa shape index (κ3) is 3.54. The summed E-state index contributed by atoms with van der Waals surface area (Å²) in [6.45, 7) is 0. The normalized spacial score (nSPS) is 10.7. The van der Waals surface area contributed by atoms with Crippen molar-refractivity contribution >= 4 is 38.8 Å². The number of benzene rings is 2. The van der Waals surface area contributed by atoms with Crippen LogP contribution < -0.4 is 10.1 Å². The zero-order valence-electron chi connectivity index (χ0n) is 14.3. The summed E-state index contributed by atoms with van der Waals surface area (Å²) in [7, 11) is 1.53. The highest BCUT2D eigenvalue weighted by Gasteiger charge is 2.14. The van der Waals surface area contributed by atoms with E-state index in [1.807, 2.05) is 24.3 Å². The molecule has 4 rings (SSSR count). The van der Waals surface area contributed by atoms with Crippen LogP contribution in [0, 0.1) is 0 Å². The van der Waals surface area contributed by atoms with Crippen LogP contribution in [0.3, 0.4) is 0 Å². The molecular formula is C20H14BrN3O3. The van der Waals surface area contributed by atoms with E-state index in [-0.39, 0.29) is 5.91 Å². The molecule has 1 N–H and O–H groups in total. The molecule has 2 heterocycles. The van der Waals surface area contributed by atoms with E-state index >= 15 is 0 Å². The van der Waals surface area contributed by atoms with Crippen molar-refractivity contribution < 1.29 is 13.9 Å². The number of nitrogens with zero attached hydrogens (tertiary/aromatic N) is 2. The molecule has 0 radical (unpaired) electrons. The Balaban J connectivity index is 1.56. The van der Waals surface area contributed by atoms with Crippen LogP contribution in [0.2, 0.25) is 0 Å². The van der Waals surface area contributed by atoms with Gasteiger partial charge in [-0.05, 0) is 54.6 Å². The van der Waals surface area contributed by atoms with E-state index < -0.39 is 0 Å². The van der Waals surface area contributed by atoms with Gasteiger partial charge in [0.15, 0.2) is 11.2 Å². The number of methoxy groups -OCH3 is 1. The van der Waals surface area contributed by atoms with Crippen molar-refractivity contribution in [1.82, 2.24) is 9.97 Å². The fraction of sp³-hybridized carbons (Fsp3) is 0.0500. The Morgan fingerprint density at radius 2 is 1.96 bits per heavy atom. The number of fused-ring (bicyclic) bond motifs is 1. The van der Waals surface area contributed by atoms with Gasteiger partial charge < -0.3 is 14.5 Å². The molecule has 0 saturated carbocycles. The summed E-state index contributed by atoms with van der Waals surface area (Å²) in [6, 6.07) is 16.1. The SMILES string of the molecule is COc1ccc(Br)cc1C(=O)Nc1ccc(-c2nc3ncccc3o2)cc1. The minimum Gasteiger partial charge on any atom is -0.496 e. The topological polar surface area (TPSA) is 77.2 Å². The summed E-state index contributed by atoms with van der Waals surface area (Å²) in [4.78, 5) is 21.1. The first-order chi connectivity index (χ1) is 13.1. The lowest BCUT2D eigenvalue weighted by atomic mass is 10.1. The van der Waals surface area contributed by atoms with Crippen molar-refractivity contribution in [2.45, 2.75) is 0 Å². The van der Waals surface area contributed by atoms with Crippen LogP contribution in [0.1, 0.15) is 10.4 Å². The molecular weight excluding hydrogens is 410 g/mol. The second-order valence-corrected chi connectivity index (χ2v) is 6.64. The third-order valence-electron chi connectivity index (χ3n) is 3.96. The van der Waals surface area contributed by atoms with Gasteiger partial charge in [0.2, 0.25) is 5.89 Å². The molecule has 0 atom stereocenters. The first kappa shape index (κ1) is 17.2. The van der Waals surface area contributed by atoms with Gasteiger partial charge in [-0.25, -0.2) is 4.98 Å². The summed E-state index contributed by atoms with van der Waals surface area (Å²) in [5.74, 6) is 0.730. The van der Waals surface area contributed by atoms with Crippen molar-refractivity contribution in [2.75, 3.05) is 12.4 Å². The number of nitrogens with one attached hydrogen (secondary N) is 1. The highest BCUT2D eigenvalue weighted by molar-refractivity contribution is 9.10. The van der Waals surface area contributed by atoms with Gasteiger partial charge in [-0.2, -0.15) is 4.98 Å². The predicted octanol–water partition coefficient (Wildman–Crippen LogP) is 4.91. The lowest BCUT2D eigenvalue weighted by Crippen LogP contribution is -2.13. The zero-order chi connectivity index (χ0) is 18.8. The maximum Gasteiger partial charge on any atom is 0.259 e. The van der Waals surface area contributed by atoms with Crippen LogP contribution in [-0.2, 0) is 0 Å². The molecule has 0 aliphatic rings. The fourth-order valence-corrected chi connectivity index (χ4v) is 3.01. The molecule has 0 aliphatic heterocycles. The van der Waals surface area contributed by atoms with Gasteiger partial charge in [0.1, 0.15) is 5.75 Å². The second-order valence-electron chi connectivity index (χ2n) is 5.72. The van der Waals surface area contributed by atoms with E-state index in [0.29, 0.717) is 34.1 Å². The Labute approximate surface area is 163 Å². The number of carbonyl (C=O) groups excluding carboxylic acids is 1. The Hall–Kier alpha value is -3.19. The number of rotatable bonds is 4. The van der Waals surface area contributed by atoms with Gasteiger partial charge in [-0.15, -0.1) is 0 Å². The highest BCUT2D eigenvalue weighted by atomic mass is 79.9. The molecule has 0 saturated heterocycles. The number of halogens is 1. The Morgan fingerprint density at radius 3 is 2.70 bits per heavy atom. The summed E-state index contributed by atoms with van der Waals surface area (Å²) in [5, 5.41) is 2.86. The molecule has 2 aromatic heterocycles. The number of anilines is 1. The van der Waals surface area contributed by atoms with Crippen LogP contribution >= 0.6 is 15.9 Å². The highest BCUT2D eigenvalue weighted by Crippen LogP contribution is 2.26. The Kier molecular flexibility index (Phi) is 4.60. The maximum atomic E-state index is 12.6. The first-order valence-corrected chi connectivity index (χ1v) is 8.90. The van der Waals surface area contributed by atoms with Crippen molar-refractivity contribution in [1.29, 1.82) is 0 Å². The van der Waals surface area contributed by atoms with Crippen LogP contribution in [-0.4, -0.2) is 23.0 Å². The number of carbonyl (C=O) groups is 1. The van der Waals surface area contributed by atoms with Crippen LogP contribution in [0.4, 0.5) is 5.69 Å². The van der Waals surface area contributed by atoms with Crippen LogP contribution in [0.5, 0.6) is 5.75 Å². The van der Waals surface area contributed by atoms with Gasteiger partial charge in [0.25, 0.3) is 5.91 Å². The average molecular weight is 424 g/mol. The first-order valence-electron chi connectivity index (χ1n) is 8.11. The van der Waals surface area contributed by atoms with Gasteiger partial charge in [-0.3, -0.25) is 4.79 Å². The number of amides is 1. The van der Waals surface area contributed by atoms with Gasteiger partial charge >= 0.3 is 0 Å². The molecule has 0 spiro atoms. The van der Waals surface area contributed by atoms with Crippen molar-refractivity contribution in [3.05, 3.63) is 70.8 Å². The lowest BCUT2D eigenvalue weighted by molar-refractivity contribution is 0.102. The number of ether oxygens (including phenoxy) is 1. The number of oxazole rings is 1. The summed E-state index contributed by atoms with van der Waals surface area (Å²) >= 11 is 3.37. The van der Waals surface area contributed by atoms with Gasteiger partial charge in [0, 0.05) is 21.9 Å². The summed E-state index contributed by atoms with van der Waals surface area (Å²) in [6.07, 6.45) is 1.67. The number of pyridine rings is 1. The molecule has 0 fully saturated rings. The largest absolute Gasteiger partial charge is 0.496 e. The molecule has 27 heavy (non-hydrogen) atoms. The quantitative estimate of drug-likeness (QED) is 0.504. The van der Waals surface area contributed by atoms with Crippen LogP contribution in [0.15, 0.2) is 69.7 Å². The molecule has 134 valence electrons. The summed E-state index contributed by atoms with van der Waals surface area (Å²) < 4.78 is 11.8. The minimum atomic E-state index is -0.257. The van der Waals surface area contributed by atoms with Crippen molar-refractivity contribution in [2.24, 2.45) is 0 Å². The second kappa shape index (κ2) is 7.20. The zero-order valence-corrected chi connectivity index (χ0v) is 15.9. The maximum absolute atomic E-state index is 12.6. The molecule has 7 heteroatoms. The van der Waals surface area contributed by atoms with Crippen molar-refractivity contribution in [3.8, 4) is 17.2 Å². The molecule has 2 aromatic carbocycles. The molecule has 4 aromatic rings. The fourth-order valence-electron chi connectivity index (χ4n) is 2.64. The van der Waals surface area contributed by atoms with Crippen LogP contribution in [0.25, 0.3) is 22.7 Å². The third-order valence-corrected chi connectivity index (χ3v) is 4.45. The van der Waals surface area contributed by atoms with Gasteiger partial charge in [0.05, 0.1) is 12.7 Å². The van der Waals surface area contributed by atoms with E-state index in [2.05, 4.69) is 31.2 Å². The molecule has 6 nitrogen and oxygen atoms in total. The predicted molar refractivity (Wildman–Crippen MR) is 106 cm³/mol. The lowest BCUT2D eigenvalue weighted by Gasteiger charge is -2.10. The molecule has 0 bridgehead atoms. The van der Waals surface area contributed by atoms with Crippen molar-refractivity contribution in [3.63, 3.8) is 0 Å². The Bertz CT molecular complexity index is 1090. The van der Waals surface area contributed by atoms with E-state index in [4.69, 9.17) is 9.15 Å². The smallest absolute Gasteiger partial charge is 0.259 e. The standard InChI is InChI=1S/C20H14BrN3O3/c1-26-16-9-6-13(21)11-15(16)19(25)23-14-7-4-12(5-8-14)20-24-18-17(27-20)3-2-10-22-18/h2-11H,1H3,(H,23,25). The number of aromatic nitrogens is 2. The average Bonchev–Trinajstić information content (AvgIpc) is 3.12. The van der Waals surface area contributed by atoms with E-state index in [1.165, 1.54) is 7.11 Å². The van der Waals surface area contributed by atoms with E-state index in [9.17, 15) is 4.79 Å². The Morgan fingerprint density at radius 1 is 1.15 bits per heavy atom. The minimum absolute atomic E-state index is 0.257. The molecule has 1 amide bonds. The van der Waals surface area contributed by atoms with Gasteiger partial charge in [-0.1, -0.05) is 15.9 Å².